The van der Waals surface area contributed by atoms with Gasteiger partial charge in [-0.15, -0.1) is 0 Å². The van der Waals surface area contributed by atoms with Crippen LogP contribution in [0.2, 0.25) is 0 Å². The minimum atomic E-state index is -1.79. The Morgan fingerprint density at radius 1 is 0.792 bits per heavy atom. The molecule has 3 rings (SSSR count). The van der Waals surface area contributed by atoms with Crippen LogP contribution in [-0.4, -0.2) is 22.7 Å². The van der Waals surface area contributed by atoms with Crippen LogP contribution in [0.1, 0.15) is 12.8 Å². The van der Waals surface area contributed by atoms with Crippen molar-refractivity contribution in [2.45, 2.75) is 12.8 Å². The van der Waals surface area contributed by atoms with E-state index in [2.05, 4.69) is 76.7 Å². The summed E-state index contributed by atoms with van der Waals surface area (Å²) in [4.78, 5) is 8.82. The Hall–Kier alpha value is -2.09. The van der Waals surface area contributed by atoms with Crippen molar-refractivity contribution in [1.29, 1.82) is 0 Å². The molecule has 0 aliphatic carbocycles. The van der Waals surface area contributed by atoms with Crippen LogP contribution in [0.15, 0.2) is 79.3 Å². The van der Waals surface area contributed by atoms with E-state index in [1.54, 1.807) is 6.33 Å². The summed E-state index contributed by atoms with van der Waals surface area (Å²) in [5.74, 6) is 0. The number of nitrogens with zero attached hydrogens (tertiary/aromatic N) is 2. The SMILES string of the molecule is NCCCC[P+](c1ccccc1)(c1ccccc1)c1ccncn1. The van der Waals surface area contributed by atoms with Crippen molar-refractivity contribution in [2.24, 2.45) is 5.73 Å². The predicted molar refractivity (Wildman–Crippen MR) is 104 cm³/mol. The average molecular weight is 336 g/mol. The lowest BCUT2D eigenvalue weighted by atomic mass is 10.3. The highest BCUT2D eigenvalue weighted by Gasteiger charge is 2.46. The second-order valence-electron chi connectivity index (χ2n) is 5.77. The van der Waals surface area contributed by atoms with Crippen molar-refractivity contribution in [3.05, 3.63) is 79.3 Å². The number of aromatic nitrogens is 2. The molecule has 0 aliphatic heterocycles. The van der Waals surface area contributed by atoms with Crippen LogP contribution < -0.4 is 21.8 Å². The Morgan fingerprint density at radius 3 is 1.92 bits per heavy atom. The lowest BCUT2D eigenvalue weighted by Gasteiger charge is -2.26. The zero-order valence-corrected chi connectivity index (χ0v) is 14.6. The molecule has 1 aromatic heterocycles. The minimum absolute atomic E-state index is 0.730. The first kappa shape index (κ1) is 16.8. The first-order valence-corrected chi connectivity index (χ1v) is 10.3. The first-order chi connectivity index (χ1) is 11.9. The molecule has 0 fully saturated rings. The summed E-state index contributed by atoms with van der Waals surface area (Å²) in [6.07, 6.45) is 6.73. The van der Waals surface area contributed by atoms with E-state index in [4.69, 9.17) is 5.73 Å². The van der Waals surface area contributed by atoms with E-state index in [0.29, 0.717) is 0 Å². The molecule has 0 unspecified atom stereocenters. The fourth-order valence-electron chi connectivity index (χ4n) is 3.15. The molecular weight excluding hydrogens is 313 g/mol. The van der Waals surface area contributed by atoms with Gasteiger partial charge in [-0.3, -0.25) is 0 Å². The molecule has 1 heterocycles. The molecule has 0 saturated carbocycles. The van der Waals surface area contributed by atoms with Crippen LogP contribution in [0.5, 0.6) is 0 Å². The van der Waals surface area contributed by atoms with Gasteiger partial charge in [0.15, 0.2) is 5.44 Å². The maximum Gasteiger partial charge on any atom is 0.195 e. The van der Waals surface area contributed by atoms with Gasteiger partial charge in [-0.2, -0.15) is 0 Å². The van der Waals surface area contributed by atoms with Crippen molar-refractivity contribution >= 4 is 23.3 Å². The van der Waals surface area contributed by atoms with E-state index >= 15 is 0 Å². The van der Waals surface area contributed by atoms with Gasteiger partial charge in [-0.05, 0) is 43.7 Å². The standard InChI is InChI=1S/C20H23N3P/c21-14-7-8-16-24(18-9-3-1-4-10-18,19-11-5-2-6-12-19)20-13-15-22-17-23-20/h1-6,9-13,15,17H,7-8,14,16,21H2/q+1. The third-order valence-electron chi connectivity index (χ3n) is 4.30. The molecule has 0 bridgehead atoms. The molecule has 4 heteroatoms. The average Bonchev–Trinajstić information content (AvgIpc) is 2.68. The lowest BCUT2D eigenvalue weighted by Crippen LogP contribution is -2.35. The summed E-state index contributed by atoms with van der Waals surface area (Å²) < 4.78 is 0. The summed E-state index contributed by atoms with van der Waals surface area (Å²) in [6.45, 7) is 0.730. The van der Waals surface area contributed by atoms with Crippen LogP contribution in [0.3, 0.4) is 0 Å². The Bertz CT molecular complexity index is 636. The number of hydrogen-bond donors (Lipinski definition) is 1. The van der Waals surface area contributed by atoms with Gasteiger partial charge in [0.2, 0.25) is 0 Å². The van der Waals surface area contributed by atoms with Crippen LogP contribution in [-0.2, 0) is 0 Å². The van der Waals surface area contributed by atoms with E-state index < -0.39 is 7.26 Å². The normalized spacial score (nSPS) is 11.4. The largest absolute Gasteiger partial charge is 0.330 e. The van der Waals surface area contributed by atoms with E-state index in [9.17, 15) is 0 Å². The van der Waals surface area contributed by atoms with Gasteiger partial charge in [-0.1, -0.05) is 36.4 Å². The lowest BCUT2D eigenvalue weighted by molar-refractivity contribution is 0.811. The predicted octanol–water partition coefficient (Wildman–Crippen LogP) is 2.51. The Labute approximate surface area is 144 Å². The molecule has 0 spiro atoms. The fourth-order valence-corrected chi connectivity index (χ4v) is 7.36. The van der Waals surface area contributed by atoms with Gasteiger partial charge >= 0.3 is 0 Å². The Morgan fingerprint density at radius 2 is 1.42 bits per heavy atom. The molecule has 0 amide bonds. The van der Waals surface area contributed by atoms with E-state index in [0.717, 1.165) is 31.0 Å². The van der Waals surface area contributed by atoms with Crippen LogP contribution in [0.4, 0.5) is 0 Å². The fraction of sp³-hybridized carbons (Fsp3) is 0.200. The summed E-state index contributed by atoms with van der Waals surface area (Å²) in [7, 11) is -1.79. The van der Waals surface area contributed by atoms with Crippen LogP contribution in [0.25, 0.3) is 0 Å². The number of nitrogens with two attached hydrogens (primary N) is 1. The molecule has 0 radical (unpaired) electrons. The van der Waals surface area contributed by atoms with Crippen LogP contribution in [0, 0.1) is 0 Å². The summed E-state index contributed by atoms with van der Waals surface area (Å²) in [6, 6.07) is 23.7. The van der Waals surface area contributed by atoms with Gasteiger partial charge in [0.1, 0.15) is 24.2 Å². The highest BCUT2D eigenvalue weighted by molar-refractivity contribution is 7.95. The zero-order valence-electron chi connectivity index (χ0n) is 13.8. The van der Waals surface area contributed by atoms with Crippen LogP contribution >= 0.6 is 7.26 Å². The Kier molecular flexibility index (Phi) is 5.68. The molecule has 2 aromatic carbocycles. The van der Waals surface area contributed by atoms with Gasteiger partial charge in [0, 0.05) is 12.3 Å². The smallest absolute Gasteiger partial charge is 0.195 e. The number of rotatable bonds is 7. The summed E-state index contributed by atoms with van der Waals surface area (Å²) >= 11 is 0. The third-order valence-corrected chi connectivity index (χ3v) is 8.69. The molecule has 3 nitrogen and oxygen atoms in total. The minimum Gasteiger partial charge on any atom is -0.330 e. The quantitative estimate of drug-likeness (QED) is 0.533. The molecule has 0 saturated heterocycles. The van der Waals surface area contributed by atoms with Gasteiger partial charge in [0.25, 0.3) is 0 Å². The van der Waals surface area contributed by atoms with Crippen molar-refractivity contribution in [3.8, 4) is 0 Å². The maximum absolute atomic E-state index is 5.76. The van der Waals surface area contributed by atoms with Gasteiger partial charge in [0.05, 0.1) is 6.16 Å². The van der Waals surface area contributed by atoms with Crippen molar-refractivity contribution in [3.63, 3.8) is 0 Å². The number of hydrogen-bond acceptors (Lipinski definition) is 3. The molecule has 3 aromatic rings. The molecular formula is C20H23N3P+. The monoisotopic (exact) mass is 336 g/mol. The van der Waals surface area contributed by atoms with E-state index in [-0.39, 0.29) is 0 Å². The molecule has 0 atom stereocenters. The maximum atomic E-state index is 5.76. The number of benzene rings is 2. The topological polar surface area (TPSA) is 51.8 Å². The van der Waals surface area contributed by atoms with Crippen molar-refractivity contribution in [2.75, 3.05) is 12.7 Å². The van der Waals surface area contributed by atoms with E-state index in [1.165, 1.54) is 10.6 Å². The summed E-state index contributed by atoms with van der Waals surface area (Å²) in [5.41, 5.74) is 6.91. The molecule has 122 valence electrons. The second kappa shape index (κ2) is 8.14. The summed E-state index contributed by atoms with van der Waals surface area (Å²) in [5, 5.41) is 2.74. The molecule has 24 heavy (non-hydrogen) atoms. The van der Waals surface area contributed by atoms with Crippen molar-refractivity contribution in [1.82, 2.24) is 9.97 Å². The van der Waals surface area contributed by atoms with Crippen molar-refractivity contribution < 1.29 is 0 Å². The van der Waals surface area contributed by atoms with Gasteiger partial charge in [-0.25, -0.2) is 9.97 Å². The highest BCUT2D eigenvalue weighted by Crippen LogP contribution is 2.55. The van der Waals surface area contributed by atoms with Gasteiger partial charge < -0.3 is 5.73 Å². The highest BCUT2D eigenvalue weighted by atomic mass is 31.2. The molecule has 0 aliphatic rings. The number of unbranched alkanes of at least 4 members (excludes halogenated alkanes) is 1. The third kappa shape index (κ3) is 3.38. The Balaban J connectivity index is 2.20. The van der Waals surface area contributed by atoms with E-state index in [1.807, 2.05) is 6.20 Å². The first-order valence-electron chi connectivity index (χ1n) is 8.34. The second-order valence-corrected chi connectivity index (χ2v) is 9.33. The zero-order chi connectivity index (χ0) is 16.7. The molecule has 2 N–H and O–H groups in total.